The van der Waals surface area contributed by atoms with Crippen LogP contribution < -0.4 is 0 Å². The molecular formula is HCoFeKOV. The molecule has 0 rings (SSSR count). The van der Waals surface area contributed by atoms with Gasteiger partial charge in [-0.1, -0.05) is 0 Å². The van der Waals surface area contributed by atoms with Crippen molar-refractivity contribution >= 4 is 51.4 Å². The Hall–Kier alpha value is 3.21. The first kappa shape index (κ1) is 41.4. The molecule has 0 aliphatic heterocycles. The summed E-state index contributed by atoms with van der Waals surface area (Å²) in [5, 5.41) is 0. The van der Waals surface area contributed by atoms with Crippen LogP contribution in [-0.4, -0.2) is 51.4 Å². The minimum atomic E-state index is 0. The van der Waals surface area contributed by atoms with Crippen LogP contribution in [0.2, 0.25) is 0 Å². The van der Waals surface area contributed by atoms with Crippen molar-refractivity contribution in [3.8, 4) is 0 Å². The van der Waals surface area contributed by atoms with Crippen molar-refractivity contribution in [2.45, 2.75) is 0 Å². The van der Waals surface area contributed by atoms with E-state index in [9.17, 15) is 0 Å². The predicted octanol–water partition coefficient (Wildman–Crippen LogP) is -0.775. The van der Waals surface area contributed by atoms with Gasteiger partial charge in [0.25, 0.3) is 0 Å². The zero-order chi connectivity index (χ0) is 0. The second-order valence-electron chi connectivity index (χ2n) is 0. The third-order valence-electron chi connectivity index (χ3n) is 0. The molecular weight excluding hydrogens is 221 g/mol. The van der Waals surface area contributed by atoms with E-state index >= 15 is 0 Å². The first-order valence-corrected chi connectivity index (χ1v) is 0. The first-order chi connectivity index (χ1) is 0. The molecule has 30 valence electrons. The molecule has 0 aromatic rings. The van der Waals surface area contributed by atoms with Gasteiger partial charge in [-0.25, -0.2) is 0 Å². The van der Waals surface area contributed by atoms with E-state index in [1.165, 1.54) is 0 Å². The molecule has 0 aliphatic carbocycles. The molecule has 0 amide bonds. The summed E-state index contributed by atoms with van der Waals surface area (Å²) in [6.07, 6.45) is 0. The maximum Gasteiger partial charge on any atom is 0 e. The summed E-state index contributed by atoms with van der Waals surface area (Å²) in [6, 6.07) is 0. The third-order valence-corrected chi connectivity index (χ3v) is 0. The zero-order valence-corrected chi connectivity index (χ0v) is 5.08. The van der Waals surface area contributed by atoms with Gasteiger partial charge < -0.3 is 5.48 Å². The Kier molecular flexibility index (Phi) is 224. The Morgan fingerprint density at radius 1 is 1.00 bits per heavy atom. The van der Waals surface area contributed by atoms with Crippen molar-refractivity contribution in [3.63, 3.8) is 0 Å². The second kappa shape index (κ2) is 27.0. The van der Waals surface area contributed by atoms with Gasteiger partial charge in [0.15, 0.2) is 0 Å². The number of hydrogen-bond acceptors (Lipinski definition) is 0. The summed E-state index contributed by atoms with van der Waals surface area (Å²) < 4.78 is 0. The van der Waals surface area contributed by atoms with Gasteiger partial charge in [0.1, 0.15) is 0 Å². The van der Waals surface area contributed by atoms with Crippen molar-refractivity contribution in [2.24, 2.45) is 0 Å². The van der Waals surface area contributed by atoms with Crippen molar-refractivity contribution in [2.75, 3.05) is 0 Å². The zero-order valence-electron chi connectivity index (χ0n) is 1.54. The molecule has 0 N–H and O–H groups in total. The molecule has 5 heavy (non-hydrogen) atoms. The minimum Gasteiger partial charge on any atom is -2.00 e. The molecule has 0 atom stereocenters. The largest absolute Gasteiger partial charge is 2.00 e. The molecule has 0 aliphatic rings. The van der Waals surface area contributed by atoms with E-state index in [0.29, 0.717) is 0 Å². The first-order valence-electron chi connectivity index (χ1n) is 0. The maximum atomic E-state index is 0. The van der Waals surface area contributed by atoms with Crippen molar-refractivity contribution in [3.05, 3.63) is 0 Å². The maximum absolute atomic E-state index is 0. The standard InChI is InChI=1S/Co.Fe.K.O.V.H/q+2;;;-2;;. The van der Waals surface area contributed by atoms with Crippen LogP contribution in [0.25, 0.3) is 0 Å². The van der Waals surface area contributed by atoms with E-state index in [1.54, 1.807) is 0 Å². The van der Waals surface area contributed by atoms with Crippen LogP contribution in [0.4, 0.5) is 0 Å². The molecule has 0 heterocycles. The Morgan fingerprint density at radius 2 is 1.00 bits per heavy atom. The van der Waals surface area contributed by atoms with E-state index in [-0.39, 0.29) is 109 Å². The van der Waals surface area contributed by atoms with Crippen LogP contribution in [-0.2, 0) is 57.9 Å². The summed E-state index contributed by atoms with van der Waals surface area (Å²) in [5.74, 6) is 0. The Morgan fingerprint density at radius 3 is 1.00 bits per heavy atom. The molecule has 0 saturated heterocycles. The molecule has 1 nitrogen and oxygen atoms in total. The van der Waals surface area contributed by atoms with Gasteiger partial charge in [-0.05, 0) is 0 Å². The molecule has 0 fully saturated rings. The normalized spacial score (nSPS) is 0. The van der Waals surface area contributed by atoms with Gasteiger partial charge in [-0.3, -0.25) is 0 Å². The van der Waals surface area contributed by atoms with Crippen LogP contribution in [0.1, 0.15) is 0 Å². The Bertz CT molecular complexity index is 11.6. The Balaban J connectivity index is 0. The molecule has 0 aromatic heterocycles. The second-order valence-corrected chi connectivity index (χ2v) is 0. The van der Waals surface area contributed by atoms with Crippen LogP contribution in [0.3, 0.4) is 0 Å². The van der Waals surface area contributed by atoms with Crippen molar-refractivity contribution in [1.29, 1.82) is 0 Å². The summed E-state index contributed by atoms with van der Waals surface area (Å²) in [4.78, 5) is 0. The number of hydrogen-bond donors (Lipinski definition) is 0. The summed E-state index contributed by atoms with van der Waals surface area (Å²) in [6.45, 7) is 0. The molecule has 0 unspecified atom stereocenters. The van der Waals surface area contributed by atoms with E-state index in [1.807, 2.05) is 0 Å². The van der Waals surface area contributed by atoms with E-state index in [2.05, 4.69) is 0 Å². The average Bonchev–Trinajstić information content (AvgIpc) is 0. The van der Waals surface area contributed by atoms with Gasteiger partial charge in [0, 0.05) is 35.6 Å². The fraction of sp³-hybridized carbons (Fsp3) is 0. The van der Waals surface area contributed by atoms with Gasteiger partial charge in [0.2, 0.25) is 0 Å². The average molecular weight is 222 g/mol. The predicted molar refractivity (Wildman–Crippen MR) is 7.84 cm³/mol. The fourth-order valence-electron chi connectivity index (χ4n) is 0. The monoisotopic (exact) mass is 222 g/mol. The summed E-state index contributed by atoms with van der Waals surface area (Å²) in [7, 11) is 0. The molecule has 0 aromatic carbocycles. The topological polar surface area (TPSA) is 28.5 Å². The Labute approximate surface area is 107 Å². The van der Waals surface area contributed by atoms with Crippen LogP contribution in [0, 0.1) is 0 Å². The van der Waals surface area contributed by atoms with Crippen LogP contribution in [0.15, 0.2) is 0 Å². The summed E-state index contributed by atoms with van der Waals surface area (Å²) in [5.41, 5.74) is 0. The van der Waals surface area contributed by atoms with Crippen molar-refractivity contribution < 1.29 is 57.9 Å². The fourth-order valence-corrected chi connectivity index (χ4v) is 0. The molecule has 5 heteroatoms. The van der Waals surface area contributed by atoms with E-state index in [0.717, 1.165) is 0 Å². The van der Waals surface area contributed by atoms with Gasteiger partial charge >= 0.3 is 68.2 Å². The smallest absolute Gasteiger partial charge is 0 e. The molecule has 0 saturated carbocycles. The SMILES string of the molecule is [Co+2].[Fe].[KH].[O-2].[V]. The van der Waals surface area contributed by atoms with E-state index < -0.39 is 0 Å². The summed E-state index contributed by atoms with van der Waals surface area (Å²) >= 11 is 0. The van der Waals surface area contributed by atoms with Crippen LogP contribution in [0.5, 0.6) is 0 Å². The molecule has 2 radical (unpaired) electrons. The third kappa shape index (κ3) is 19.0. The molecule has 0 spiro atoms. The molecule has 0 bridgehead atoms. The minimum absolute atomic E-state index is 0. The van der Waals surface area contributed by atoms with Crippen molar-refractivity contribution in [1.82, 2.24) is 0 Å². The van der Waals surface area contributed by atoms with Gasteiger partial charge in [-0.2, -0.15) is 0 Å². The van der Waals surface area contributed by atoms with Gasteiger partial charge in [0.05, 0.1) is 0 Å². The van der Waals surface area contributed by atoms with Gasteiger partial charge in [-0.15, -0.1) is 0 Å². The van der Waals surface area contributed by atoms with Crippen LogP contribution >= 0.6 is 0 Å². The quantitative estimate of drug-likeness (QED) is 0.481. The number of rotatable bonds is 0. The van der Waals surface area contributed by atoms with E-state index in [4.69, 9.17) is 0 Å².